The fourth-order valence-electron chi connectivity index (χ4n) is 2.01. The quantitative estimate of drug-likeness (QED) is 0.752. The molecule has 1 fully saturated rings. The monoisotopic (exact) mass is 260 g/mol. The number of nitrogens with zero attached hydrogens (tertiary/aromatic N) is 1. The maximum absolute atomic E-state index is 12.1. The van der Waals surface area contributed by atoms with Crippen LogP contribution >= 0.6 is 11.8 Å². The number of nitrogens with two attached hydrogens (primary N) is 1. The first kappa shape index (κ1) is 14.8. The Labute approximate surface area is 108 Å². The Kier molecular flexibility index (Phi) is 5.76. The van der Waals surface area contributed by atoms with Crippen LogP contribution in [-0.4, -0.2) is 54.2 Å². The molecule has 0 radical (unpaired) electrons. The lowest BCUT2D eigenvalue weighted by Gasteiger charge is -2.38. The van der Waals surface area contributed by atoms with E-state index in [1.165, 1.54) is 0 Å². The van der Waals surface area contributed by atoms with E-state index in [4.69, 9.17) is 10.5 Å². The van der Waals surface area contributed by atoms with Crippen LogP contribution in [0, 0.1) is 0 Å². The molecule has 0 aromatic rings. The Morgan fingerprint density at radius 3 is 2.88 bits per heavy atom. The third-order valence-corrected chi connectivity index (χ3v) is 4.22. The zero-order valence-electron chi connectivity index (χ0n) is 11.1. The predicted octanol–water partition coefficient (Wildman–Crippen LogP) is 1.09. The van der Waals surface area contributed by atoms with Crippen LogP contribution in [0.4, 0.5) is 0 Å². The van der Waals surface area contributed by atoms with Crippen LogP contribution in [0.2, 0.25) is 0 Å². The van der Waals surface area contributed by atoms with Gasteiger partial charge in [-0.3, -0.25) is 4.79 Å². The van der Waals surface area contributed by atoms with Crippen LogP contribution in [0.5, 0.6) is 0 Å². The van der Waals surface area contributed by atoms with Gasteiger partial charge in [0.25, 0.3) is 0 Å². The second-order valence-corrected chi connectivity index (χ2v) is 6.91. The van der Waals surface area contributed by atoms with Crippen LogP contribution in [0.25, 0.3) is 0 Å². The van der Waals surface area contributed by atoms with Crippen molar-refractivity contribution in [3.63, 3.8) is 0 Å². The maximum atomic E-state index is 12.1. The summed E-state index contributed by atoms with van der Waals surface area (Å²) in [6, 6.07) is -0.371. The van der Waals surface area contributed by atoms with E-state index in [1.807, 2.05) is 16.7 Å². The van der Waals surface area contributed by atoms with Crippen molar-refractivity contribution in [2.24, 2.45) is 5.73 Å². The van der Waals surface area contributed by atoms with Crippen molar-refractivity contribution in [1.82, 2.24) is 4.90 Å². The van der Waals surface area contributed by atoms with E-state index < -0.39 is 0 Å². The first-order valence-electron chi connectivity index (χ1n) is 6.13. The van der Waals surface area contributed by atoms with Gasteiger partial charge in [-0.25, -0.2) is 0 Å². The van der Waals surface area contributed by atoms with Crippen LogP contribution in [-0.2, 0) is 9.53 Å². The summed E-state index contributed by atoms with van der Waals surface area (Å²) in [5.41, 5.74) is 5.92. The number of ether oxygens (including phenoxy) is 1. The summed E-state index contributed by atoms with van der Waals surface area (Å²) >= 11 is 1.92. The molecule has 1 aliphatic heterocycles. The summed E-state index contributed by atoms with van der Waals surface area (Å²) in [4.78, 5) is 14.0. The van der Waals surface area contributed by atoms with Gasteiger partial charge in [-0.05, 0) is 26.7 Å². The average molecular weight is 260 g/mol. The molecule has 4 nitrogen and oxygen atoms in total. The van der Waals surface area contributed by atoms with Crippen molar-refractivity contribution in [2.75, 3.05) is 32.6 Å². The van der Waals surface area contributed by atoms with Gasteiger partial charge in [0.2, 0.25) is 5.91 Å². The van der Waals surface area contributed by atoms with E-state index in [0.29, 0.717) is 13.0 Å². The molecule has 1 aliphatic rings. The summed E-state index contributed by atoms with van der Waals surface area (Å²) in [6.07, 6.45) is 1.55. The molecule has 0 bridgehead atoms. The van der Waals surface area contributed by atoms with Gasteiger partial charge in [0.05, 0.1) is 6.04 Å². The zero-order chi connectivity index (χ0) is 12.9. The highest BCUT2D eigenvalue weighted by molar-refractivity contribution is 8.00. The molecule has 0 aromatic heterocycles. The second kappa shape index (κ2) is 6.61. The molecule has 17 heavy (non-hydrogen) atoms. The molecule has 0 aliphatic carbocycles. The molecule has 0 saturated carbocycles. The Bertz CT molecular complexity index is 259. The highest BCUT2D eigenvalue weighted by Crippen LogP contribution is 2.29. The first-order chi connectivity index (χ1) is 7.96. The SMILES string of the molecule is COCCCC(N)C(=O)N1CCSC(C)(C)C1. The molecule has 0 aromatic carbocycles. The molecular weight excluding hydrogens is 236 g/mol. The van der Waals surface area contributed by atoms with E-state index in [-0.39, 0.29) is 16.7 Å². The van der Waals surface area contributed by atoms with Crippen molar-refractivity contribution in [2.45, 2.75) is 37.5 Å². The van der Waals surface area contributed by atoms with Gasteiger partial charge in [0.15, 0.2) is 0 Å². The van der Waals surface area contributed by atoms with E-state index in [2.05, 4.69) is 13.8 Å². The van der Waals surface area contributed by atoms with Crippen LogP contribution in [0.3, 0.4) is 0 Å². The highest BCUT2D eigenvalue weighted by Gasteiger charge is 2.31. The van der Waals surface area contributed by atoms with Crippen molar-refractivity contribution in [3.05, 3.63) is 0 Å². The van der Waals surface area contributed by atoms with Gasteiger partial charge in [0, 0.05) is 37.3 Å². The number of methoxy groups -OCH3 is 1. The van der Waals surface area contributed by atoms with Crippen LogP contribution in [0.15, 0.2) is 0 Å². The highest BCUT2D eigenvalue weighted by atomic mass is 32.2. The van der Waals surface area contributed by atoms with Gasteiger partial charge >= 0.3 is 0 Å². The number of hydrogen-bond donors (Lipinski definition) is 1. The first-order valence-corrected chi connectivity index (χ1v) is 7.12. The van der Waals surface area contributed by atoms with Crippen molar-refractivity contribution in [1.29, 1.82) is 0 Å². The predicted molar refractivity (Wildman–Crippen MR) is 72.2 cm³/mol. The number of rotatable bonds is 5. The number of thioether (sulfide) groups is 1. The standard InChI is InChI=1S/C12H24N2O2S/c1-12(2)9-14(6-8-17-12)11(15)10(13)5-4-7-16-3/h10H,4-9,13H2,1-3H3. The fraction of sp³-hybridized carbons (Fsp3) is 0.917. The smallest absolute Gasteiger partial charge is 0.239 e. The average Bonchev–Trinajstić information content (AvgIpc) is 2.27. The lowest BCUT2D eigenvalue weighted by molar-refractivity contribution is -0.133. The minimum Gasteiger partial charge on any atom is -0.385 e. The summed E-state index contributed by atoms with van der Waals surface area (Å²) in [5, 5.41) is 0. The number of hydrogen-bond acceptors (Lipinski definition) is 4. The Morgan fingerprint density at radius 2 is 2.29 bits per heavy atom. The van der Waals surface area contributed by atoms with Crippen molar-refractivity contribution in [3.8, 4) is 0 Å². The topological polar surface area (TPSA) is 55.6 Å². The molecule has 2 N–H and O–H groups in total. The van der Waals surface area contributed by atoms with Gasteiger partial charge < -0.3 is 15.4 Å². The normalized spacial score (nSPS) is 21.3. The lowest BCUT2D eigenvalue weighted by Crippen LogP contribution is -2.51. The Balaban J connectivity index is 2.40. The summed E-state index contributed by atoms with van der Waals surface area (Å²) < 4.78 is 5.12. The third-order valence-electron chi connectivity index (χ3n) is 2.92. The Hall–Kier alpha value is -0.260. The van der Waals surface area contributed by atoms with Crippen LogP contribution < -0.4 is 5.73 Å². The van der Waals surface area contributed by atoms with Crippen LogP contribution in [0.1, 0.15) is 26.7 Å². The molecule has 1 atom stereocenters. The number of carbonyl (C=O) groups is 1. The van der Waals surface area contributed by atoms with Gasteiger partial charge in [-0.15, -0.1) is 0 Å². The molecular formula is C12H24N2O2S. The largest absolute Gasteiger partial charge is 0.385 e. The molecule has 5 heteroatoms. The molecule has 1 heterocycles. The molecule has 1 saturated heterocycles. The molecule has 100 valence electrons. The Morgan fingerprint density at radius 1 is 1.59 bits per heavy atom. The number of carbonyl (C=O) groups excluding carboxylic acids is 1. The van der Waals surface area contributed by atoms with E-state index in [0.717, 1.165) is 25.3 Å². The third kappa shape index (κ3) is 4.85. The van der Waals surface area contributed by atoms with Crippen molar-refractivity contribution >= 4 is 17.7 Å². The molecule has 1 rings (SSSR count). The molecule has 1 amide bonds. The lowest BCUT2D eigenvalue weighted by atomic mass is 10.1. The van der Waals surface area contributed by atoms with E-state index in [1.54, 1.807) is 7.11 Å². The van der Waals surface area contributed by atoms with Gasteiger partial charge in [0.1, 0.15) is 0 Å². The molecule has 0 spiro atoms. The van der Waals surface area contributed by atoms with E-state index >= 15 is 0 Å². The summed E-state index contributed by atoms with van der Waals surface area (Å²) in [6.45, 7) is 6.64. The summed E-state index contributed by atoms with van der Waals surface area (Å²) in [7, 11) is 1.66. The maximum Gasteiger partial charge on any atom is 0.239 e. The fourth-order valence-corrected chi connectivity index (χ4v) is 3.12. The van der Waals surface area contributed by atoms with Gasteiger partial charge in [-0.1, -0.05) is 0 Å². The number of amides is 1. The summed E-state index contributed by atoms with van der Waals surface area (Å²) in [5.74, 6) is 1.10. The van der Waals surface area contributed by atoms with Crippen molar-refractivity contribution < 1.29 is 9.53 Å². The minimum absolute atomic E-state index is 0.0921. The van der Waals surface area contributed by atoms with Gasteiger partial charge in [-0.2, -0.15) is 11.8 Å². The van der Waals surface area contributed by atoms with E-state index in [9.17, 15) is 4.79 Å². The molecule has 1 unspecified atom stereocenters. The zero-order valence-corrected chi connectivity index (χ0v) is 11.9. The second-order valence-electron chi connectivity index (χ2n) is 5.11. The minimum atomic E-state index is -0.371.